The van der Waals surface area contributed by atoms with Crippen LogP contribution in [0.2, 0.25) is 0 Å². The van der Waals surface area contributed by atoms with Crippen LogP contribution in [0.4, 0.5) is 0 Å². The van der Waals surface area contributed by atoms with Crippen molar-refractivity contribution in [2.75, 3.05) is 20.1 Å². The Labute approximate surface area is 267 Å². The van der Waals surface area contributed by atoms with E-state index in [-0.39, 0.29) is 29.0 Å². The smallest absolute Gasteiger partial charge is 0.241 e. The second kappa shape index (κ2) is 15.3. The minimum atomic E-state index is -4.08. The molecule has 1 aliphatic rings. The monoisotopic (exact) mass is 631 g/mol. The van der Waals surface area contributed by atoms with Crippen molar-refractivity contribution in [1.29, 1.82) is 5.41 Å². The maximum Gasteiger partial charge on any atom is 0.241 e. The number of sulfonamides is 1. The fourth-order valence-electron chi connectivity index (χ4n) is 5.78. The summed E-state index contributed by atoms with van der Waals surface area (Å²) < 4.78 is 30.3. The molecule has 1 heterocycles. The highest BCUT2D eigenvalue weighted by atomic mass is 32.2. The maximum absolute atomic E-state index is 13.9. The number of nitrogens with zero attached hydrogens (tertiary/aromatic N) is 1. The van der Waals surface area contributed by atoms with Gasteiger partial charge in [-0.2, -0.15) is 4.72 Å². The first-order chi connectivity index (χ1) is 21.5. The van der Waals surface area contributed by atoms with Crippen molar-refractivity contribution in [3.05, 3.63) is 89.5 Å². The lowest BCUT2D eigenvalue weighted by molar-refractivity contribution is -0.134. The Balaban J connectivity index is 1.53. The van der Waals surface area contributed by atoms with Crippen molar-refractivity contribution in [2.45, 2.75) is 69.2 Å². The molecule has 10 heteroatoms. The Morgan fingerprint density at radius 1 is 0.978 bits per heavy atom. The number of nitrogens with one attached hydrogen (secondary N) is 3. The van der Waals surface area contributed by atoms with E-state index >= 15 is 0 Å². The number of amidine groups is 1. The number of nitrogen functional groups attached to an aromatic ring is 1. The van der Waals surface area contributed by atoms with Gasteiger partial charge in [-0.05, 0) is 84.4 Å². The summed E-state index contributed by atoms with van der Waals surface area (Å²) in [6.07, 6.45) is 3.92. The van der Waals surface area contributed by atoms with Gasteiger partial charge >= 0.3 is 0 Å². The molecule has 3 aromatic carbocycles. The summed E-state index contributed by atoms with van der Waals surface area (Å²) >= 11 is 0. The largest absolute Gasteiger partial charge is 0.384 e. The van der Waals surface area contributed by atoms with Crippen LogP contribution in [-0.4, -0.2) is 57.1 Å². The highest BCUT2D eigenvalue weighted by Crippen LogP contribution is 2.26. The average molecular weight is 632 g/mol. The second-order valence-electron chi connectivity index (χ2n) is 12.1. The third-order valence-corrected chi connectivity index (χ3v) is 10.0. The van der Waals surface area contributed by atoms with Gasteiger partial charge in [-0.3, -0.25) is 15.0 Å². The molecule has 1 fully saturated rings. The molecule has 4 rings (SSSR count). The van der Waals surface area contributed by atoms with Crippen LogP contribution in [-0.2, 0) is 26.0 Å². The first kappa shape index (κ1) is 33.9. The summed E-state index contributed by atoms with van der Waals surface area (Å²) in [5, 5.41) is 10.5. The Morgan fingerprint density at radius 2 is 1.67 bits per heavy atom. The number of piperidine rings is 1. The first-order valence-electron chi connectivity index (χ1n) is 15.6. The van der Waals surface area contributed by atoms with Crippen molar-refractivity contribution in [2.24, 2.45) is 11.7 Å². The fourth-order valence-corrected chi connectivity index (χ4v) is 7.01. The molecule has 0 aliphatic carbocycles. The number of rotatable bonds is 13. The lowest BCUT2D eigenvalue weighted by atomic mass is 9.91. The molecule has 1 atom stereocenters. The minimum Gasteiger partial charge on any atom is -0.384 e. The van der Waals surface area contributed by atoms with Crippen molar-refractivity contribution >= 4 is 27.7 Å². The zero-order chi connectivity index (χ0) is 32.6. The van der Waals surface area contributed by atoms with Gasteiger partial charge in [0, 0.05) is 32.1 Å². The molecule has 240 valence electrons. The molecule has 2 amide bonds. The van der Waals surface area contributed by atoms with Crippen LogP contribution < -0.4 is 15.8 Å². The average Bonchev–Trinajstić information content (AvgIpc) is 3.04. The number of carbonyl (C=O) groups is 2. The van der Waals surface area contributed by atoms with Gasteiger partial charge in [0.2, 0.25) is 21.8 Å². The maximum atomic E-state index is 13.9. The van der Waals surface area contributed by atoms with E-state index in [0.717, 1.165) is 36.8 Å². The van der Waals surface area contributed by atoms with Crippen molar-refractivity contribution < 1.29 is 18.0 Å². The molecule has 0 bridgehead atoms. The van der Waals surface area contributed by atoms with Crippen LogP contribution in [0.1, 0.15) is 68.6 Å². The Hall–Kier alpha value is -4.02. The number of carbonyl (C=O) groups excluding carboxylic acids is 2. The number of hydrogen-bond acceptors (Lipinski definition) is 5. The zero-order valence-corrected chi connectivity index (χ0v) is 27.2. The first-order valence-corrected chi connectivity index (χ1v) is 17.1. The van der Waals surface area contributed by atoms with Gasteiger partial charge in [0.1, 0.15) is 11.9 Å². The fraction of sp³-hybridized carbons (Fsp3) is 0.400. The van der Waals surface area contributed by atoms with Crippen LogP contribution in [0.25, 0.3) is 11.1 Å². The van der Waals surface area contributed by atoms with E-state index in [0.29, 0.717) is 42.5 Å². The van der Waals surface area contributed by atoms with Crippen LogP contribution in [0, 0.1) is 11.3 Å². The summed E-state index contributed by atoms with van der Waals surface area (Å²) in [5.41, 5.74) is 9.78. The van der Waals surface area contributed by atoms with Crippen LogP contribution in [0.5, 0.6) is 0 Å². The third kappa shape index (κ3) is 9.25. The molecule has 1 aliphatic heterocycles. The molecule has 0 saturated carbocycles. The summed E-state index contributed by atoms with van der Waals surface area (Å²) in [6, 6.07) is 20.8. The van der Waals surface area contributed by atoms with E-state index in [1.165, 1.54) is 11.6 Å². The van der Waals surface area contributed by atoms with E-state index in [4.69, 9.17) is 11.1 Å². The van der Waals surface area contributed by atoms with Gasteiger partial charge < -0.3 is 16.0 Å². The normalized spacial score (nSPS) is 14.7. The van der Waals surface area contributed by atoms with Crippen LogP contribution in [0.3, 0.4) is 0 Å². The second-order valence-corrected chi connectivity index (χ2v) is 13.8. The molecule has 0 spiro atoms. The number of likely N-dealkylation sites (tertiary alicyclic amines) is 1. The molecule has 45 heavy (non-hydrogen) atoms. The quantitative estimate of drug-likeness (QED) is 0.158. The molecule has 3 aromatic rings. The predicted octanol–water partition coefficient (Wildman–Crippen LogP) is 4.81. The number of hydrogen-bond donors (Lipinski definition) is 4. The van der Waals surface area contributed by atoms with Gasteiger partial charge in [-0.25, -0.2) is 8.42 Å². The molecule has 1 saturated heterocycles. The van der Waals surface area contributed by atoms with E-state index in [9.17, 15) is 18.0 Å². The van der Waals surface area contributed by atoms with E-state index < -0.39 is 16.1 Å². The zero-order valence-electron chi connectivity index (χ0n) is 26.4. The van der Waals surface area contributed by atoms with Gasteiger partial charge in [0.05, 0.1) is 4.90 Å². The van der Waals surface area contributed by atoms with Crippen LogP contribution in [0.15, 0.2) is 77.7 Å². The summed E-state index contributed by atoms with van der Waals surface area (Å²) in [4.78, 5) is 27.3. The lowest BCUT2D eigenvalue weighted by Gasteiger charge is -2.34. The molecular weight excluding hydrogens is 586 g/mol. The van der Waals surface area contributed by atoms with Gasteiger partial charge in [-0.15, -0.1) is 0 Å². The van der Waals surface area contributed by atoms with Gasteiger partial charge in [0.25, 0.3) is 0 Å². The molecule has 0 radical (unpaired) electrons. The third-order valence-electron chi connectivity index (χ3n) is 8.55. The SMILES string of the molecule is CNC(=O)CCCC1CCN(C(=O)[C@@H](Cc2cccc(C(=N)N)c2)NS(=O)(=O)c2cccc(-c3ccc(C(C)C)cc3)c2)CC1. The standard InChI is InChI=1S/C35H45N5O4S/c1-24(2)27-13-15-28(16-14-27)29-9-6-11-31(23-29)45(43,44)39-32(22-26-8-4-10-30(21-26)34(36)37)35(42)40-19-17-25(18-20-40)7-5-12-33(41)38-3/h4,6,8-11,13-16,21,23-25,32,39H,5,7,12,17-20,22H2,1-3H3,(H3,36,37)(H,38,41)/t32-/m1/s1. The molecule has 9 nitrogen and oxygen atoms in total. The van der Waals surface area contributed by atoms with E-state index in [1.807, 2.05) is 30.3 Å². The number of nitrogens with two attached hydrogens (primary N) is 1. The lowest BCUT2D eigenvalue weighted by Crippen LogP contribution is -2.51. The summed E-state index contributed by atoms with van der Waals surface area (Å²) in [5.74, 6) is 0.452. The van der Waals surface area contributed by atoms with Gasteiger partial charge in [0.15, 0.2) is 0 Å². The van der Waals surface area contributed by atoms with E-state index in [1.54, 1.807) is 48.3 Å². The number of benzene rings is 3. The summed E-state index contributed by atoms with van der Waals surface area (Å²) in [7, 11) is -2.44. The molecule has 5 N–H and O–H groups in total. The highest BCUT2D eigenvalue weighted by Gasteiger charge is 2.32. The molecular formula is C35H45N5O4S. The molecule has 0 unspecified atom stereocenters. The predicted molar refractivity (Wildman–Crippen MR) is 178 cm³/mol. The van der Waals surface area contributed by atoms with Crippen LogP contribution >= 0.6 is 0 Å². The van der Waals surface area contributed by atoms with Gasteiger partial charge in [-0.1, -0.05) is 68.4 Å². The highest BCUT2D eigenvalue weighted by molar-refractivity contribution is 7.89. The topological polar surface area (TPSA) is 145 Å². The summed E-state index contributed by atoms with van der Waals surface area (Å²) in [6.45, 7) is 5.30. The van der Waals surface area contributed by atoms with Crippen molar-refractivity contribution in [3.8, 4) is 11.1 Å². The van der Waals surface area contributed by atoms with E-state index in [2.05, 4.69) is 23.9 Å². The number of amides is 2. The van der Waals surface area contributed by atoms with Crippen molar-refractivity contribution in [3.63, 3.8) is 0 Å². The van der Waals surface area contributed by atoms with Crippen molar-refractivity contribution in [1.82, 2.24) is 14.9 Å². The Morgan fingerprint density at radius 3 is 2.31 bits per heavy atom. The Kier molecular flexibility index (Phi) is 11.5. The Bertz CT molecular complexity index is 1600. The molecule has 0 aromatic heterocycles. The minimum absolute atomic E-state index is 0.0288.